The molecule has 0 atom stereocenters. The number of fused-ring (bicyclic) bond motifs is 1. The second kappa shape index (κ2) is 5.70. The summed E-state index contributed by atoms with van der Waals surface area (Å²) >= 11 is 0. The number of nitrogens with zero attached hydrogens (tertiary/aromatic N) is 3. The van der Waals surface area contributed by atoms with E-state index in [1.807, 2.05) is 0 Å². The number of halogens is 6. The zero-order valence-corrected chi connectivity index (χ0v) is 11.4. The first-order valence-corrected chi connectivity index (χ1v) is 6.21. The zero-order valence-electron chi connectivity index (χ0n) is 11.4. The SMILES string of the molecule is CCn1nnc2cc(C(=O)OC(C(F)(F)F)C(F)(F)F)ccc21. The Hall–Kier alpha value is -2.33. The van der Waals surface area contributed by atoms with Crippen molar-refractivity contribution in [3.63, 3.8) is 0 Å². The lowest BCUT2D eigenvalue weighted by atomic mass is 10.2. The number of ether oxygens (including phenoxy) is 1. The number of alkyl halides is 6. The monoisotopic (exact) mass is 341 g/mol. The lowest BCUT2D eigenvalue weighted by Gasteiger charge is -2.22. The summed E-state index contributed by atoms with van der Waals surface area (Å²) in [5, 5.41) is 7.38. The standard InChI is InChI=1S/C12H9F6N3O2/c1-2-21-8-4-3-6(5-7(8)19-20-21)9(22)23-10(11(13,14)15)12(16,17)18/h3-5,10H,2H2,1H3. The smallest absolute Gasteiger partial charge is 0.434 e. The summed E-state index contributed by atoms with van der Waals surface area (Å²) in [7, 11) is 0. The Kier molecular flexibility index (Phi) is 4.22. The summed E-state index contributed by atoms with van der Waals surface area (Å²) in [5.74, 6) is -1.75. The van der Waals surface area contributed by atoms with E-state index < -0.39 is 30.0 Å². The average molecular weight is 341 g/mol. The van der Waals surface area contributed by atoms with Crippen LogP contribution < -0.4 is 0 Å². The first-order valence-electron chi connectivity index (χ1n) is 6.21. The quantitative estimate of drug-likeness (QED) is 0.636. The van der Waals surface area contributed by atoms with Crippen molar-refractivity contribution in [3.05, 3.63) is 23.8 Å². The number of carbonyl (C=O) groups is 1. The van der Waals surface area contributed by atoms with Gasteiger partial charge in [0.05, 0.1) is 11.1 Å². The van der Waals surface area contributed by atoms with Gasteiger partial charge in [0.2, 0.25) is 0 Å². The molecule has 0 saturated heterocycles. The molecule has 1 heterocycles. The van der Waals surface area contributed by atoms with Gasteiger partial charge in [0.25, 0.3) is 6.10 Å². The fourth-order valence-electron chi connectivity index (χ4n) is 1.83. The van der Waals surface area contributed by atoms with Gasteiger partial charge in [0, 0.05) is 6.54 Å². The van der Waals surface area contributed by atoms with E-state index in [0.717, 1.165) is 12.1 Å². The molecule has 126 valence electrons. The largest absolute Gasteiger partial charge is 0.439 e. The second-order valence-corrected chi connectivity index (χ2v) is 4.48. The maximum Gasteiger partial charge on any atom is 0.434 e. The number of aromatic nitrogens is 3. The molecule has 0 radical (unpaired) electrons. The number of aryl methyl sites for hydroxylation is 1. The molecule has 23 heavy (non-hydrogen) atoms. The van der Waals surface area contributed by atoms with Crippen molar-refractivity contribution in [2.75, 3.05) is 0 Å². The van der Waals surface area contributed by atoms with Crippen LogP contribution in [0.2, 0.25) is 0 Å². The molecule has 0 spiro atoms. The highest BCUT2D eigenvalue weighted by Crippen LogP contribution is 2.36. The summed E-state index contributed by atoms with van der Waals surface area (Å²) in [6.45, 7) is 2.21. The Bertz CT molecular complexity index is 708. The number of hydrogen-bond donors (Lipinski definition) is 0. The van der Waals surface area contributed by atoms with E-state index in [1.165, 1.54) is 10.7 Å². The second-order valence-electron chi connectivity index (χ2n) is 4.48. The van der Waals surface area contributed by atoms with Crippen LogP contribution in [0, 0.1) is 0 Å². The van der Waals surface area contributed by atoms with Crippen LogP contribution in [0.3, 0.4) is 0 Å². The highest BCUT2D eigenvalue weighted by Gasteiger charge is 2.59. The third-order valence-corrected chi connectivity index (χ3v) is 2.87. The molecular weight excluding hydrogens is 332 g/mol. The van der Waals surface area contributed by atoms with Gasteiger partial charge in [-0.25, -0.2) is 9.48 Å². The topological polar surface area (TPSA) is 57.0 Å². The van der Waals surface area contributed by atoms with Crippen molar-refractivity contribution >= 4 is 17.0 Å². The van der Waals surface area contributed by atoms with Gasteiger partial charge >= 0.3 is 18.3 Å². The van der Waals surface area contributed by atoms with E-state index in [-0.39, 0.29) is 5.52 Å². The Morgan fingerprint density at radius 2 is 1.83 bits per heavy atom. The molecule has 1 aromatic heterocycles. The van der Waals surface area contributed by atoms with Crippen molar-refractivity contribution in [3.8, 4) is 0 Å². The Labute approximate surface area is 124 Å². The van der Waals surface area contributed by atoms with Gasteiger partial charge in [0.1, 0.15) is 5.52 Å². The summed E-state index contributed by atoms with van der Waals surface area (Å²) in [6, 6.07) is 3.37. The molecule has 11 heteroatoms. The van der Waals surface area contributed by atoms with E-state index in [1.54, 1.807) is 6.92 Å². The van der Waals surface area contributed by atoms with Crippen molar-refractivity contribution in [1.29, 1.82) is 0 Å². The molecule has 0 aliphatic rings. The lowest BCUT2D eigenvalue weighted by Crippen LogP contribution is -2.45. The maximum atomic E-state index is 12.4. The third-order valence-electron chi connectivity index (χ3n) is 2.87. The molecule has 0 fully saturated rings. The Balaban J connectivity index is 2.29. The van der Waals surface area contributed by atoms with Gasteiger partial charge < -0.3 is 4.74 Å². The third kappa shape index (κ3) is 3.54. The van der Waals surface area contributed by atoms with Gasteiger partial charge in [-0.3, -0.25) is 0 Å². The first kappa shape index (κ1) is 17.0. The van der Waals surface area contributed by atoms with E-state index >= 15 is 0 Å². The van der Waals surface area contributed by atoms with Gasteiger partial charge in [0.15, 0.2) is 0 Å². The molecule has 5 nitrogen and oxygen atoms in total. The molecule has 1 aromatic carbocycles. The Morgan fingerprint density at radius 1 is 1.22 bits per heavy atom. The van der Waals surface area contributed by atoms with Crippen LogP contribution >= 0.6 is 0 Å². The molecule has 0 unspecified atom stereocenters. The van der Waals surface area contributed by atoms with Crippen LogP contribution in [0.4, 0.5) is 26.3 Å². The first-order chi connectivity index (χ1) is 10.5. The maximum absolute atomic E-state index is 12.4. The van der Waals surface area contributed by atoms with Gasteiger partial charge in [-0.05, 0) is 25.1 Å². The fourth-order valence-corrected chi connectivity index (χ4v) is 1.83. The molecule has 0 bridgehead atoms. The molecule has 0 saturated carbocycles. The van der Waals surface area contributed by atoms with Gasteiger partial charge in [-0.15, -0.1) is 5.10 Å². The fraction of sp³-hybridized carbons (Fsp3) is 0.417. The summed E-state index contributed by atoms with van der Waals surface area (Å²) in [6.07, 6.45) is -15.7. The lowest BCUT2D eigenvalue weighted by molar-refractivity contribution is -0.307. The molecule has 2 aromatic rings. The van der Waals surface area contributed by atoms with Gasteiger partial charge in [-0.2, -0.15) is 26.3 Å². The summed E-state index contributed by atoms with van der Waals surface area (Å²) in [4.78, 5) is 11.6. The minimum absolute atomic E-state index is 0.150. The highest BCUT2D eigenvalue weighted by molar-refractivity contribution is 5.93. The molecule has 0 aliphatic carbocycles. The van der Waals surface area contributed by atoms with Crippen LogP contribution in [-0.2, 0) is 11.3 Å². The van der Waals surface area contributed by atoms with E-state index in [2.05, 4.69) is 15.0 Å². The summed E-state index contributed by atoms with van der Waals surface area (Å²) in [5.41, 5.74) is 0.142. The van der Waals surface area contributed by atoms with E-state index in [0.29, 0.717) is 12.1 Å². The minimum Gasteiger partial charge on any atom is -0.439 e. The average Bonchev–Trinajstić information content (AvgIpc) is 2.84. The van der Waals surface area contributed by atoms with Crippen molar-refractivity contribution < 1.29 is 35.9 Å². The number of esters is 1. The van der Waals surface area contributed by atoms with Crippen LogP contribution in [-0.4, -0.2) is 39.4 Å². The van der Waals surface area contributed by atoms with Crippen LogP contribution in [0.25, 0.3) is 11.0 Å². The van der Waals surface area contributed by atoms with Crippen molar-refractivity contribution in [2.45, 2.75) is 31.9 Å². The highest BCUT2D eigenvalue weighted by atomic mass is 19.4. The van der Waals surface area contributed by atoms with Gasteiger partial charge in [-0.1, -0.05) is 5.21 Å². The summed E-state index contributed by atoms with van der Waals surface area (Å²) < 4.78 is 79.3. The zero-order chi connectivity index (χ0) is 17.4. The van der Waals surface area contributed by atoms with E-state index in [9.17, 15) is 31.1 Å². The molecule has 0 amide bonds. The number of hydrogen-bond acceptors (Lipinski definition) is 4. The molecular formula is C12H9F6N3O2. The molecule has 0 N–H and O–H groups in total. The molecule has 2 rings (SSSR count). The van der Waals surface area contributed by atoms with Crippen LogP contribution in [0.1, 0.15) is 17.3 Å². The van der Waals surface area contributed by atoms with Crippen LogP contribution in [0.15, 0.2) is 18.2 Å². The number of rotatable bonds is 3. The number of benzene rings is 1. The number of carbonyl (C=O) groups excluding carboxylic acids is 1. The predicted molar refractivity (Wildman–Crippen MR) is 64.5 cm³/mol. The molecule has 0 aliphatic heterocycles. The van der Waals surface area contributed by atoms with E-state index in [4.69, 9.17) is 0 Å². The predicted octanol–water partition coefficient (Wildman–Crippen LogP) is 3.10. The van der Waals surface area contributed by atoms with Crippen molar-refractivity contribution in [1.82, 2.24) is 15.0 Å². The van der Waals surface area contributed by atoms with Crippen LogP contribution in [0.5, 0.6) is 0 Å². The normalized spacial score (nSPS) is 12.9. The Morgan fingerprint density at radius 3 is 2.35 bits per heavy atom. The van der Waals surface area contributed by atoms with Crippen molar-refractivity contribution in [2.24, 2.45) is 0 Å². The minimum atomic E-state index is -5.76.